The second-order valence-electron chi connectivity index (χ2n) is 1.48. The smallest absolute Gasteiger partial charge is 0.246 e. The first-order chi connectivity index (χ1) is 3.72. The lowest BCUT2D eigenvalue weighted by molar-refractivity contribution is -0.116. The van der Waals surface area contributed by atoms with Gasteiger partial charge in [0.2, 0.25) is 5.91 Å². The third kappa shape index (κ3) is 1.78. The maximum atomic E-state index is 10.5. The standard InChI is InChI=1S/C6H10NO/c1-4-5(2)6(8)7-3/h4H,3H2,1-2H3,(H,7,8)/b5-4-. The van der Waals surface area contributed by atoms with Crippen LogP contribution in [0.15, 0.2) is 11.6 Å². The van der Waals surface area contributed by atoms with E-state index in [0.717, 1.165) is 0 Å². The Morgan fingerprint density at radius 1 is 1.75 bits per heavy atom. The minimum Gasteiger partial charge on any atom is -0.351 e. The molecule has 1 N–H and O–H groups in total. The van der Waals surface area contributed by atoms with Crippen LogP contribution in [0, 0.1) is 7.05 Å². The normalized spacial score (nSPS) is 11.1. The van der Waals surface area contributed by atoms with Crippen LogP contribution in [0.4, 0.5) is 0 Å². The topological polar surface area (TPSA) is 29.1 Å². The highest BCUT2D eigenvalue weighted by Crippen LogP contribution is 1.88. The van der Waals surface area contributed by atoms with E-state index in [1.165, 1.54) is 0 Å². The molecule has 0 aromatic heterocycles. The molecule has 0 fully saturated rings. The monoisotopic (exact) mass is 112 g/mol. The maximum Gasteiger partial charge on any atom is 0.246 e. The molecule has 0 heterocycles. The van der Waals surface area contributed by atoms with E-state index in [9.17, 15) is 4.79 Å². The van der Waals surface area contributed by atoms with Gasteiger partial charge in [-0.25, -0.2) is 0 Å². The van der Waals surface area contributed by atoms with Gasteiger partial charge in [0.25, 0.3) is 0 Å². The molecular formula is C6H10NO. The first-order valence-electron chi connectivity index (χ1n) is 2.42. The van der Waals surface area contributed by atoms with E-state index < -0.39 is 0 Å². The lowest BCUT2D eigenvalue weighted by Gasteiger charge is -1.94. The molecule has 0 saturated carbocycles. The summed E-state index contributed by atoms with van der Waals surface area (Å²) in [7, 11) is 3.21. The van der Waals surface area contributed by atoms with Crippen molar-refractivity contribution in [1.29, 1.82) is 0 Å². The summed E-state index contributed by atoms with van der Waals surface area (Å²) in [4.78, 5) is 10.5. The Labute approximate surface area is 49.6 Å². The number of allylic oxidation sites excluding steroid dienone is 1. The van der Waals surface area contributed by atoms with Gasteiger partial charge < -0.3 is 5.32 Å². The molecule has 0 bridgehead atoms. The highest BCUT2D eigenvalue weighted by molar-refractivity contribution is 5.92. The van der Waals surface area contributed by atoms with Gasteiger partial charge in [0.1, 0.15) is 0 Å². The third-order valence-electron chi connectivity index (χ3n) is 0.952. The second kappa shape index (κ2) is 3.24. The second-order valence-corrected chi connectivity index (χ2v) is 1.48. The number of rotatable bonds is 1. The largest absolute Gasteiger partial charge is 0.351 e. The van der Waals surface area contributed by atoms with Crippen molar-refractivity contribution in [2.45, 2.75) is 13.8 Å². The molecule has 0 saturated heterocycles. The fourth-order valence-corrected chi connectivity index (χ4v) is 0.271. The van der Waals surface area contributed by atoms with E-state index in [1.807, 2.05) is 6.92 Å². The summed E-state index contributed by atoms with van der Waals surface area (Å²) < 4.78 is 0. The van der Waals surface area contributed by atoms with Crippen LogP contribution in [0.2, 0.25) is 0 Å². The first-order valence-corrected chi connectivity index (χ1v) is 2.42. The van der Waals surface area contributed by atoms with E-state index in [2.05, 4.69) is 12.4 Å². The van der Waals surface area contributed by atoms with Crippen molar-refractivity contribution >= 4 is 5.91 Å². The Bertz CT molecular complexity index is 116. The molecule has 0 spiro atoms. The van der Waals surface area contributed by atoms with Crippen LogP contribution in [-0.4, -0.2) is 5.91 Å². The minimum absolute atomic E-state index is 0.118. The Kier molecular flexibility index (Phi) is 2.92. The van der Waals surface area contributed by atoms with Crippen molar-refractivity contribution in [3.05, 3.63) is 18.7 Å². The fraction of sp³-hybridized carbons (Fsp3) is 0.333. The molecule has 2 nitrogen and oxygen atoms in total. The SMILES string of the molecule is [CH2]NC(=O)/C(C)=C\C. The van der Waals surface area contributed by atoms with Crippen molar-refractivity contribution in [2.24, 2.45) is 0 Å². The Morgan fingerprint density at radius 3 is 2.38 bits per heavy atom. The summed E-state index contributed by atoms with van der Waals surface area (Å²) in [5.74, 6) is -0.118. The van der Waals surface area contributed by atoms with Gasteiger partial charge in [0, 0.05) is 12.6 Å². The molecule has 2 heteroatoms. The van der Waals surface area contributed by atoms with E-state index in [4.69, 9.17) is 0 Å². The van der Waals surface area contributed by atoms with Crippen LogP contribution in [0.3, 0.4) is 0 Å². The summed E-state index contributed by atoms with van der Waals surface area (Å²) in [5, 5.41) is 2.26. The number of hydrogen-bond acceptors (Lipinski definition) is 1. The van der Waals surface area contributed by atoms with Crippen LogP contribution >= 0.6 is 0 Å². The van der Waals surface area contributed by atoms with Gasteiger partial charge in [-0.05, 0) is 13.8 Å². The van der Waals surface area contributed by atoms with Crippen LogP contribution in [-0.2, 0) is 4.79 Å². The van der Waals surface area contributed by atoms with E-state index >= 15 is 0 Å². The van der Waals surface area contributed by atoms with Gasteiger partial charge in [-0.15, -0.1) is 0 Å². The van der Waals surface area contributed by atoms with Gasteiger partial charge in [0.05, 0.1) is 0 Å². The predicted molar refractivity (Wildman–Crippen MR) is 32.9 cm³/mol. The van der Waals surface area contributed by atoms with Crippen molar-refractivity contribution in [2.75, 3.05) is 0 Å². The summed E-state index contributed by atoms with van der Waals surface area (Å²) in [6, 6.07) is 0. The zero-order valence-corrected chi connectivity index (χ0v) is 5.19. The highest BCUT2D eigenvalue weighted by atomic mass is 16.1. The average Bonchev–Trinajstić information content (AvgIpc) is 1.84. The number of hydrogen-bond donors (Lipinski definition) is 1. The average molecular weight is 112 g/mol. The van der Waals surface area contributed by atoms with E-state index in [-0.39, 0.29) is 5.91 Å². The van der Waals surface area contributed by atoms with Crippen LogP contribution < -0.4 is 5.32 Å². The van der Waals surface area contributed by atoms with Gasteiger partial charge in [0.15, 0.2) is 0 Å². The minimum atomic E-state index is -0.118. The molecule has 0 atom stereocenters. The zero-order valence-electron chi connectivity index (χ0n) is 5.19. The number of carbonyl (C=O) groups is 1. The molecule has 0 aliphatic heterocycles. The summed E-state index contributed by atoms with van der Waals surface area (Å²) in [5.41, 5.74) is 0.694. The van der Waals surface area contributed by atoms with Gasteiger partial charge in [-0.1, -0.05) is 6.08 Å². The molecule has 0 aliphatic rings. The van der Waals surface area contributed by atoms with Crippen molar-refractivity contribution in [1.82, 2.24) is 5.32 Å². The molecule has 0 aromatic carbocycles. The molecule has 8 heavy (non-hydrogen) atoms. The van der Waals surface area contributed by atoms with E-state index in [1.54, 1.807) is 13.0 Å². The number of amides is 1. The number of nitrogens with one attached hydrogen (secondary N) is 1. The summed E-state index contributed by atoms with van der Waals surface area (Å²) >= 11 is 0. The molecule has 45 valence electrons. The van der Waals surface area contributed by atoms with Crippen molar-refractivity contribution < 1.29 is 4.79 Å². The Balaban J connectivity index is 3.83. The molecule has 0 aliphatic carbocycles. The molecule has 0 rings (SSSR count). The van der Waals surface area contributed by atoms with Crippen molar-refractivity contribution in [3.8, 4) is 0 Å². The van der Waals surface area contributed by atoms with Gasteiger partial charge in [-0.2, -0.15) is 0 Å². The Hall–Kier alpha value is -0.790. The quantitative estimate of drug-likeness (QED) is 0.501. The van der Waals surface area contributed by atoms with Crippen LogP contribution in [0.1, 0.15) is 13.8 Å². The molecular weight excluding hydrogens is 102 g/mol. The maximum absolute atomic E-state index is 10.5. The predicted octanol–water partition coefficient (Wildman–Crippen LogP) is 0.860. The first kappa shape index (κ1) is 7.21. The fourth-order valence-electron chi connectivity index (χ4n) is 0.271. The summed E-state index contributed by atoms with van der Waals surface area (Å²) in [6.45, 7) is 3.55. The highest BCUT2D eigenvalue weighted by Gasteiger charge is 1.95. The lowest BCUT2D eigenvalue weighted by Crippen LogP contribution is -2.15. The summed E-state index contributed by atoms with van der Waals surface area (Å²) in [6.07, 6.45) is 1.74. The molecule has 1 radical (unpaired) electrons. The zero-order chi connectivity index (χ0) is 6.57. The molecule has 1 amide bonds. The molecule has 0 unspecified atom stereocenters. The van der Waals surface area contributed by atoms with Crippen molar-refractivity contribution in [3.63, 3.8) is 0 Å². The van der Waals surface area contributed by atoms with Gasteiger partial charge in [-0.3, -0.25) is 4.79 Å². The van der Waals surface area contributed by atoms with Crippen LogP contribution in [0.5, 0.6) is 0 Å². The number of carbonyl (C=O) groups excluding carboxylic acids is 1. The third-order valence-corrected chi connectivity index (χ3v) is 0.952. The van der Waals surface area contributed by atoms with E-state index in [0.29, 0.717) is 5.57 Å². The Morgan fingerprint density at radius 2 is 2.25 bits per heavy atom. The van der Waals surface area contributed by atoms with Crippen LogP contribution in [0.25, 0.3) is 0 Å². The van der Waals surface area contributed by atoms with Gasteiger partial charge >= 0.3 is 0 Å². The lowest BCUT2D eigenvalue weighted by atomic mass is 10.3. The molecule has 0 aromatic rings.